The predicted octanol–water partition coefficient (Wildman–Crippen LogP) is 4.16. The van der Waals surface area contributed by atoms with E-state index in [1.165, 1.54) is 0 Å². The van der Waals surface area contributed by atoms with Crippen LogP contribution in [0.25, 0.3) is 11.2 Å². The predicted molar refractivity (Wildman–Crippen MR) is 109 cm³/mol. The Balaban J connectivity index is 1.91. The lowest BCUT2D eigenvalue weighted by molar-refractivity contribution is -0.137. The van der Waals surface area contributed by atoms with Crippen LogP contribution in [0.2, 0.25) is 0 Å². The number of hydrogen-bond donors (Lipinski definition) is 1. The molecule has 0 aliphatic heterocycles. The van der Waals surface area contributed by atoms with Crippen LogP contribution in [0, 0.1) is 6.92 Å². The smallest absolute Gasteiger partial charge is 0.303 e. The van der Waals surface area contributed by atoms with Crippen molar-refractivity contribution in [2.75, 3.05) is 7.11 Å². The van der Waals surface area contributed by atoms with E-state index >= 15 is 0 Å². The highest BCUT2D eigenvalue weighted by Crippen LogP contribution is 2.26. The van der Waals surface area contributed by atoms with E-state index in [1.807, 2.05) is 18.3 Å². The number of pyridine rings is 1. The summed E-state index contributed by atoms with van der Waals surface area (Å²) in [5.41, 5.74) is 5.12. The molecular weight excluding hydrogens is 354 g/mol. The molecule has 148 valence electrons. The van der Waals surface area contributed by atoms with Crippen molar-refractivity contribution in [2.24, 2.45) is 0 Å². The van der Waals surface area contributed by atoms with Gasteiger partial charge in [-0.2, -0.15) is 0 Å². The Hall–Kier alpha value is -2.89. The van der Waals surface area contributed by atoms with Crippen LogP contribution in [0.5, 0.6) is 5.75 Å². The molecule has 0 unspecified atom stereocenters. The van der Waals surface area contributed by atoms with Gasteiger partial charge in [0.2, 0.25) is 0 Å². The van der Waals surface area contributed by atoms with Gasteiger partial charge in [0, 0.05) is 24.6 Å². The molecule has 2 aromatic heterocycles. The van der Waals surface area contributed by atoms with Gasteiger partial charge >= 0.3 is 5.97 Å². The van der Waals surface area contributed by atoms with Gasteiger partial charge in [0.15, 0.2) is 5.65 Å². The molecule has 0 aliphatic rings. The first kappa shape index (κ1) is 19.9. The lowest BCUT2D eigenvalue weighted by atomic mass is 10.0. The van der Waals surface area contributed by atoms with Crippen molar-refractivity contribution < 1.29 is 14.6 Å². The second-order valence-electron chi connectivity index (χ2n) is 7.06. The van der Waals surface area contributed by atoms with E-state index in [9.17, 15) is 4.79 Å². The van der Waals surface area contributed by atoms with E-state index in [1.54, 1.807) is 7.11 Å². The van der Waals surface area contributed by atoms with Crippen LogP contribution >= 0.6 is 0 Å². The lowest BCUT2D eigenvalue weighted by Crippen LogP contribution is -2.07. The van der Waals surface area contributed by atoms with Crippen molar-refractivity contribution in [3.63, 3.8) is 0 Å². The summed E-state index contributed by atoms with van der Waals surface area (Å²) in [6.45, 7) is 4.85. The van der Waals surface area contributed by atoms with E-state index in [0.717, 1.165) is 58.7 Å². The van der Waals surface area contributed by atoms with Gasteiger partial charge in [-0.15, -0.1) is 0 Å². The number of aliphatic carboxylic acids is 1. The van der Waals surface area contributed by atoms with Gasteiger partial charge in [0.25, 0.3) is 0 Å². The molecule has 0 radical (unpaired) electrons. The highest BCUT2D eigenvalue weighted by Gasteiger charge is 2.15. The number of nitrogens with zero attached hydrogens (tertiary/aromatic N) is 3. The number of benzene rings is 1. The number of methoxy groups -OCH3 is 1. The Labute approximate surface area is 165 Å². The molecule has 0 aliphatic carbocycles. The first-order valence-corrected chi connectivity index (χ1v) is 9.71. The summed E-state index contributed by atoms with van der Waals surface area (Å²) in [4.78, 5) is 20.1. The van der Waals surface area contributed by atoms with Gasteiger partial charge in [-0.3, -0.25) is 4.79 Å². The largest absolute Gasteiger partial charge is 0.496 e. The van der Waals surface area contributed by atoms with E-state index in [2.05, 4.69) is 35.5 Å². The maximum atomic E-state index is 10.7. The molecule has 0 bridgehead atoms. The molecular formula is C22H27N3O3. The Morgan fingerprint density at radius 2 is 2.07 bits per heavy atom. The highest BCUT2D eigenvalue weighted by molar-refractivity contribution is 5.75. The monoisotopic (exact) mass is 381 g/mol. The summed E-state index contributed by atoms with van der Waals surface area (Å²) in [5.74, 6) is 1.08. The van der Waals surface area contributed by atoms with Gasteiger partial charge in [-0.05, 0) is 49.4 Å². The summed E-state index contributed by atoms with van der Waals surface area (Å²) in [5, 5.41) is 8.82. The normalized spacial score (nSPS) is 11.1. The number of ether oxygens (including phenoxy) is 1. The number of aryl methyl sites for hydroxylation is 3. The van der Waals surface area contributed by atoms with E-state index in [4.69, 9.17) is 14.8 Å². The summed E-state index contributed by atoms with van der Waals surface area (Å²) in [7, 11) is 1.67. The first-order valence-electron chi connectivity index (χ1n) is 9.71. The fourth-order valence-electron chi connectivity index (χ4n) is 3.45. The highest BCUT2D eigenvalue weighted by atomic mass is 16.5. The molecule has 0 saturated heterocycles. The average molecular weight is 381 g/mol. The molecule has 0 spiro atoms. The maximum Gasteiger partial charge on any atom is 0.303 e. The summed E-state index contributed by atoms with van der Waals surface area (Å²) < 4.78 is 7.80. The lowest BCUT2D eigenvalue weighted by Gasteiger charge is -2.13. The molecule has 28 heavy (non-hydrogen) atoms. The number of carbonyl (C=O) groups is 1. The summed E-state index contributed by atoms with van der Waals surface area (Å²) in [6, 6.07) is 8.11. The van der Waals surface area contributed by atoms with Gasteiger partial charge in [-0.1, -0.05) is 19.1 Å². The van der Waals surface area contributed by atoms with Crippen LogP contribution in [-0.2, 0) is 24.2 Å². The van der Waals surface area contributed by atoms with E-state index in [0.29, 0.717) is 13.0 Å². The average Bonchev–Trinajstić information content (AvgIpc) is 3.02. The van der Waals surface area contributed by atoms with Gasteiger partial charge < -0.3 is 14.4 Å². The fourth-order valence-corrected chi connectivity index (χ4v) is 3.45. The molecule has 1 N–H and O–H groups in total. The van der Waals surface area contributed by atoms with Gasteiger partial charge in [0.05, 0.1) is 13.7 Å². The number of carboxylic acids is 1. The van der Waals surface area contributed by atoms with E-state index < -0.39 is 5.97 Å². The number of imidazole rings is 1. The summed E-state index contributed by atoms with van der Waals surface area (Å²) in [6.07, 6.45) is 5.25. The minimum absolute atomic E-state index is 0.177. The van der Waals surface area contributed by atoms with Crippen molar-refractivity contribution in [2.45, 2.75) is 52.5 Å². The van der Waals surface area contributed by atoms with Crippen LogP contribution in [0.4, 0.5) is 0 Å². The molecule has 0 saturated carbocycles. The van der Waals surface area contributed by atoms with Crippen molar-refractivity contribution >= 4 is 17.1 Å². The third-order valence-corrected chi connectivity index (χ3v) is 4.92. The quantitative estimate of drug-likeness (QED) is 0.602. The maximum absolute atomic E-state index is 10.7. The number of aromatic nitrogens is 3. The molecule has 0 fully saturated rings. The first-order chi connectivity index (χ1) is 13.5. The van der Waals surface area contributed by atoms with Crippen LogP contribution in [0.15, 0.2) is 30.5 Å². The zero-order valence-electron chi connectivity index (χ0n) is 16.7. The van der Waals surface area contributed by atoms with Crippen molar-refractivity contribution in [1.29, 1.82) is 0 Å². The van der Waals surface area contributed by atoms with Crippen LogP contribution in [0.3, 0.4) is 0 Å². The van der Waals surface area contributed by atoms with Crippen LogP contribution in [0.1, 0.15) is 48.7 Å². The third-order valence-electron chi connectivity index (χ3n) is 4.92. The third kappa shape index (κ3) is 4.32. The zero-order chi connectivity index (χ0) is 20.1. The Morgan fingerprint density at radius 3 is 2.79 bits per heavy atom. The second-order valence-corrected chi connectivity index (χ2v) is 7.06. The molecule has 6 nitrogen and oxygen atoms in total. The van der Waals surface area contributed by atoms with Crippen molar-refractivity contribution in [3.8, 4) is 5.75 Å². The van der Waals surface area contributed by atoms with Crippen LogP contribution < -0.4 is 4.74 Å². The van der Waals surface area contributed by atoms with Gasteiger partial charge in [0.1, 0.15) is 17.1 Å². The molecule has 3 aromatic rings. The summed E-state index contributed by atoms with van der Waals surface area (Å²) >= 11 is 0. The fraction of sp³-hybridized carbons (Fsp3) is 0.409. The molecule has 2 heterocycles. The molecule has 1 aromatic carbocycles. The number of fused-ring (bicyclic) bond motifs is 1. The second kappa shape index (κ2) is 8.87. The standard InChI is InChI=1S/C22H27N3O3/c1-4-6-19-24-21-15(2)11-12-23-22(21)25(19)14-17-10-9-16(13-18(17)28-3)7-5-8-20(26)27/h9-13H,4-8,14H2,1-3H3,(H,26,27). The Kier molecular flexibility index (Phi) is 6.29. The topological polar surface area (TPSA) is 77.2 Å². The van der Waals surface area contributed by atoms with Crippen LogP contribution in [-0.4, -0.2) is 32.7 Å². The minimum Gasteiger partial charge on any atom is -0.496 e. The number of carboxylic acid groups (broad SMARTS) is 1. The Morgan fingerprint density at radius 1 is 1.25 bits per heavy atom. The molecule has 0 amide bonds. The van der Waals surface area contributed by atoms with Crippen molar-refractivity contribution in [1.82, 2.24) is 14.5 Å². The minimum atomic E-state index is -0.762. The Bertz CT molecular complexity index is 979. The van der Waals surface area contributed by atoms with Gasteiger partial charge in [-0.25, -0.2) is 9.97 Å². The zero-order valence-corrected chi connectivity index (χ0v) is 16.7. The molecule has 3 rings (SSSR count). The molecule has 0 atom stereocenters. The van der Waals surface area contributed by atoms with E-state index in [-0.39, 0.29) is 6.42 Å². The number of hydrogen-bond acceptors (Lipinski definition) is 4. The SMILES string of the molecule is CCCc1nc2c(C)ccnc2n1Cc1ccc(CCCC(=O)O)cc1OC. The molecule has 6 heteroatoms. The van der Waals surface area contributed by atoms with Crippen molar-refractivity contribution in [3.05, 3.63) is 53.0 Å². The number of rotatable bonds is 9.